The lowest BCUT2D eigenvalue weighted by Gasteiger charge is -2.30. The minimum Gasteiger partial charge on any atom is -0.481 e. The molecule has 0 aliphatic carbocycles. The minimum absolute atomic E-state index is 0.453. The first-order valence-electron chi connectivity index (χ1n) is 16.9. The lowest BCUT2D eigenvalue weighted by atomic mass is 9.74. The van der Waals surface area contributed by atoms with E-state index in [4.69, 9.17) is 0 Å². The molecule has 1 atom stereocenters. The lowest BCUT2D eigenvalue weighted by Crippen LogP contribution is -2.31. The molecule has 0 aromatic carbocycles. The molecule has 216 valence electrons. The van der Waals surface area contributed by atoms with Gasteiger partial charge in [0, 0.05) is 0 Å². The first-order valence-corrected chi connectivity index (χ1v) is 16.9. The van der Waals surface area contributed by atoms with Crippen molar-refractivity contribution in [3.8, 4) is 0 Å². The SMILES string of the molecule is CCCCCCCCCCCCCCC(CCCCCCCC)(CCCCCCCCCC)C(=O)O. The van der Waals surface area contributed by atoms with Crippen LogP contribution in [0.4, 0.5) is 0 Å². The summed E-state index contributed by atoms with van der Waals surface area (Å²) in [6, 6.07) is 0. The molecule has 0 radical (unpaired) electrons. The van der Waals surface area contributed by atoms with E-state index in [-0.39, 0.29) is 0 Å². The van der Waals surface area contributed by atoms with E-state index >= 15 is 0 Å². The molecular weight excluding hydrogens is 440 g/mol. The van der Waals surface area contributed by atoms with Crippen LogP contribution in [0.2, 0.25) is 0 Å². The predicted octanol–water partition coefficient (Wildman–Crippen LogP) is 12.4. The van der Waals surface area contributed by atoms with Crippen LogP contribution in [0.3, 0.4) is 0 Å². The van der Waals surface area contributed by atoms with E-state index in [1.54, 1.807) is 0 Å². The Kier molecular flexibility index (Phi) is 27.1. The third kappa shape index (κ3) is 21.5. The van der Waals surface area contributed by atoms with Crippen molar-refractivity contribution in [2.45, 2.75) is 207 Å². The average Bonchev–Trinajstić information content (AvgIpc) is 2.87. The molecule has 2 nitrogen and oxygen atoms in total. The van der Waals surface area contributed by atoms with E-state index in [0.717, 1.165) is 38.5 Å². The quantitative estimate of drug-likeness (QED) is 0.0979. The second-order valence-electron chi connectivity index (χ2n) is 12.0. The second kappa shape index (κ2) is 27.5. The molecule has 0 aromatic heterocycles. The largest absolute Gasteiger partial charge is 0.481 e. The van der Waals surface area contributed by atoms with Gasteiger partial charge in [-0.1, -0.05) is 188 Å². The number of aliphatic carboxylic acids is 1. The summed E-state index contributed by atoms with van der Waals surface area (Å²) in [4.78, 5) is 12.6. The van der Waals surface area contributed by atoms with E-state index in [1.165, 1.54) is 148 Å². The highest BCUT2D eigenvalue weighted by Crippen LogP contribution is 2.38. The van der Waals surface area contributed by atoms with Crippen LogP contribution in [0.1, 0.15) is 207 Å². The molecule has 0 aromatic rings. The van der Waals surface area contributed by atoms with E-state index < -0.39 is 11.4 Å². The van der Waals surface area contributed by atoms with E-state index in [0.29, 0.717) is 0 Å². The van der Waals surface area contributed by atoms with Gasteiger partial charge in [0.15, 0.2) is 0 Å². The summed E-state index contributed by atoms with van der Waals surface area (Å²) in [7, 11) is 0. The number of hydrogen-bond acceptors (Lipinski definition) is 1. The molecular formula is C34H68O2. The van der Waals surface area contributed by atoms with Crippen molar-refractivity contribution in [3.05, 3.63) is 0 Å². The van der Waals surface area contributed by atoms with Crippen LogP contribution >= 0.6 is 0 Å². The third-order valence-electron chi connectivity index (χ3n) is 8.48. The molecule has 0 saturated carbocycles. The smallest absolute Gasteiger partial charge is 0.309 e. The van der Waals surface area contributed by atoms with Gasteiger partial charge in [0.25, 0.3) is 0 Å². The molecule has 2 heteroatoms. The van der Waals surface area contributed by atoms with Crippen molar-refractivity contribution in [1.82, 2.24) is 0 Å². The summed E-state index contributed by atoms with van der Waals surface area (Å²) in [5.74, 6) is -0.498. The van der Waals surface area contributed by atoms with Crippen LogP contribution in [-0.2, 0) is 4.79 Å². The fourth-order valence-corrected chi connectivity index (χ4v) is 5.84. The number of hydrogen-bond donors (Lipinski definition) is 1. The molecule has 1 unspecified atom stereocenters. The van der Waals surface area contributed by atoms with Crippen LogP contribution < -0.4 is 0 Å². The zero-order valence-electron chi connectivity index (χ0n) is 25.4. The van der Waals surface area contributed by atoms with Crippen molar-refractivity contribution in [2.24, 2.45) is 5.41 Å². The van der Waals surface area contributed by atoms with E-state index in [2.05, 4.69) is 20.8 Å². The van der Waals surface area contributed by atoms with Gasteiger partial charge in [-0.2, -0.15) is 0 Å². The van der Waals surface area contributed by atoms with Gasteiger partial charge in [-0.3, -0.25) is 4.79 Å². The fraction of sp³-hybridized carbons (Fsp3) is 0.971. The maximum atomic E-state index is 12.6. The van der Waals surface area contributed by atoms with Gasteiger partial charge in [-0.25, -0.2) is 0 Å². The molecule has 0 saturated heterocycles. The monoisotopic (exact) mass is 509 g/mol. The molecule has 1 N–H and O–H groups in total. The molecule has 0 bridgehead atoms. The number of rotatable bonds is 30. The number of carboxylic acid groups (broad SMARTS) is 1. The number of carboxylic acids is 1. The van der Waals surface area contributed by atoms with Crippen LogP contribution in [-0.4, -0.2) is 11.1 Å². The Morgan fingerprint density at radius 3 is 0.778 bits per heavy atom. The topological polar surface area (TPSA) is 37.3 Å². The number of carbonyl (C=O) groups is 1. The molecule has 0 aliphatic rings. The zero-order valence-corrected chi connectivity index (χ0v) is 25.4. The van der Waals surface area contributed by atoms with Gasteiger partial charge in [-0.05, 0) is 19.3 Å². The van der Waals surface area contributed by atoms with Gasteiger partial charge in [-0.15, -0.1) is 0 Å². The minimum atomic E-state index is -0.498. The Balaban J connectivity index is 4.30. The summed E-state index contributed by atoms with van der Waals surface area (Å²) in [6.07, 6.45) is 36.7. The highest BCUT2D eigenvalue weighted by Gasteiger charge is 2.36. The normalized spacial score (nSPS) is 13.2. The summed E-state index contributed by atoms with van der Waals surface area (Å²) in [5, 5.41) is 10.3. The van der Waals surface area contributed by atoms with Crippen molar-refractivity contribution in [2.75, 3.05) is 0 Å². The summed E-state index contributed by atoms with van der Waals surface area (Å²) in [5.41, 5.74) is -0.453. The van der Waals surface area contributed by atoms with Crippen molar-refractivity contribution in [1.29, 1.82) is 0 Å². The lowest BCUT2D eigenvalue weighted by molar-refractivity contribution is -0.150. The Morgan fingerprint density at radius 2 is 0.583 bits per heavy atom. The fourth-order valence-electron chi connectivity index (χ4n) is 5.84. The highest BCUT2D eigenvalue weighted by atomic mass is 16.4. The van der Waals surface area contributed by atoms with Gasteiger partial charge >= 0.3 is 5.97 Å². The Hall–Kier alpha value is -0.530. The highest BCUT2D eigenvalue weighted by molar-refractivity contribution is 5.74. The Morgan fingerprint density at radius 1 is 0.389 bits per heavy atom. The second-order valence-corrected chi connectivity index (χ2v) is 12.0. The van der Waals surface area contributed by atoms with Crippen molar-refractivity contribution >= 4 is 5.97 Å². The molecule has 36 heavy (non-hydrogen) atoms. The predicted molar refractivity (Wildman–Crippen MR) is 161 cm³/mol. The summed E-state index contributed by atoms with van der Waals surface area (Å²) in [6.45, 7) is 6.81. The maximum absolute atomic E-state index is 12.6. The molecule has 0 spiro atoms. The summed E-state index contributed by atoms with van der Waals surface area (Å²) < 4.78 is 0. The average molecular weight is 509 g/mol. The van der Waals surface area contributed by atoms with Gasteiger partial charge in [0.1, 0.15) is 0 Å². The van der Waals surface area contributed by atoms with Gasteiger partial charge < -0.3 is 5.11 Å². The molecule has 0 rings (SSSR count). The maximum Gasteiger partial charge on any atom is 0.309 e. The van der Waals surface area contributed by atoms with Crippen LogP contribution in [0.15, 0.2) is 0 Å². The first kappa shape index (κ1) is 35.5. The third-order valence-corrected chi connectivity index (χ3v) is 8.48. The number of unbranched alkanes of at least 4 members (excludes halogenated alkanes) is 23. The molecule has 0 fully saturated rings. The van der Waals surface area contributed by atoms with E-state index in [1.807, 2.05) is 0 Å². The van der Waals surface area contributed by atoms with Crippen molar-refractivity contribution in [3.63, 3.8) is 0 Å². The van der Waals surface area contributed by atoms with Crippen LogP contribution in [0.5, 0.6) is 0 Å². The van der Waals surface area contributed by atoms with Crippen LogP contribution in [0.25, 0.3) is 0 Å². The standard InChI is InChI=1S/C34H68O2/c1-4-7-10-13-16-18-19-20-21-23-26-29-32-34(33(35)36,30-27-24-15-12-9-6-3)31-28-25-22-17-14-11-8-5-2/h4-32H2,1-3H3,(H,35,36). The molecule has 0 aliphatic heterocycles. The van der Waals surface area contributed by atoms with Gasteiger partial charge in [0.2, 0.25) is 0 Å². The molecule has 0 amide bonds. The Labute approximate surface area is 228 Å². The molecule has 0 heterocycles. The van der Waals surface area contributed by atoms with Crippen molar-refractivity contribution < 1.29 is 9.90 Å². The van der Waals surface area contributed by atoms with Gasteiger partial charge in [0.05, 0.1) is 5.41 Å². The first-order chi connectivity index (χ1) is 17.6. The zero-order chi connectivity index (χ0) is 26.6. The summed E-state index contributed by atoms with van der Waals surface area (Å²) >= 11 is 0. The van der Waals surface area contributed by atoms with Crippen LogP contribution in [0, 0.1) is 5.41 Å². The van der Waals surface area contributed by atoms with E-state index in [9.17, 15) is 9.90 Å². The Bertz CT molecular complexity index is 446.